The molecule has 0 unspecified atom stereocenters. The normalized spacial score (nSPS) is 10.2. The Bertz CT molecular complexity index is 661. The lowest BCUT2D eigenvalue weighted by Gasteiger charge is -2.08. The molecule has 0 fully saturated rings. The number of nitro benzene ring substituents is 1. The largest absolute Gasteiger partial charge is 0.428 e. The van der Waals surface area contributed by atoms with Gasteiger partial charge in [-0.2, -0.15) is 4.98 Å². The van der Waals surface area contributed by atoms with Gasteiger partial charge in [-0.3, -0.25) is 10.1 Å². The lowest BCUT2D eigenvalue weighted by Crippen LogP contribution is -2.00. The van der Waals surface area contributed by atoms with Crippen LogP contribution in [-0.2, 0) is 0 Å². The fraction of sp³-hybridized carbons (Fsp3) is 0.167. The average Bonchev–Trinajstić information content (AvgIpc) is 2.48. The summed E-state index contributed by atoms with van der Waals surface area (Å²) in [6.45, 7) is 0. The first kappa shape index (κ1) is 15.0. The van der Waals surface area contributed by atoms with Gasteiger partial charge in [-0.25, -0.2) is 9.37 Å². The molecule has 0 saturated heterocycles. The summed E-state index contributed by atoms with van der Waals surface area (Å²) in [6, 6.07) is 4.91. The van der Waals surface area contributed by atoms with Gasteiger partial charge in [0.25, 0.3) is 0 Å². The minimum absolute atomic E-state index is 0.0203. The van der Waals surface area contributed by atoms with Gasteiger partial charge in [0.1, 0.15) is 5.82 Å². The Labute approximate surface area is 123 Å². The number of rotatable bonds is 5. The van der Waals surface area contributed by atoms with Crippen LogP contribution in [0.4, 0.5) is 15.9 Å². The number of halogens is 1. The van der Waals surface area contributed by atoms with Crippen LogP contribution in [0.2, 0.25) is 0 Å². The SMILES string of the molecule is CNc1cc(Oc2c(F)cccc2[N+](=O)[O-])nc(SC)n1. The van der Waals surface area contributed by atoms with Crippen molar-refractivity contribution < 1.29 is 14.1 Å². The maximum atomic E-state index is 13.8. The van der Waals surface area contributed by atoms with Gasteiger partial charge in [0.2, 0.25) is 11.6 Å². The number of nitro groups is 1. The van der Waals surface area contributed by atoms with E-state index < -0.39 is 22.2 Å². The molecular weight excluding hydrogens is 299 g/mol. The highest BCUT2D eigenvalue weighted by atomic mass is 32.2. The van der Waals surface area contributed by atoms with Crippen molar-refractivity contribution in [2.75, 3.05) is 18.6 Å². The smallest absolute Gasteiger partial charge is 0.314 e. The predicted molar refractivity (Wildman–Crippen MR) is 76.5 cm³/mol. The van der Waals surface area contributed by atoms with Crippen LogP contribution in [0.1, 0.15) is 0 Å². The van der Waals surface area contributed by atoms with Crippen molar-refractivity contribution >= 4 is 23.3 Å². The molecule has 0 spiro atoms. The molecule has 1 heterocycles. The lowest BCUT2D eigenvalue weighted by molar-refractivity contribution is -0.385. The van der Waals surface area contributed by atoms with E-state index in [0.717, 1.165) is 12.1 Å². The second-order valence-electron chi connectivity index (χ2n) is 3.78. The van der Waals surface area contributed by atoms with Crippen LogP contribution in [0, 0.1) is 15.9 Å². The molecular formula is C12H11FN4O3S. The van der Waals surface area contributed by atoms with Crippen LogP contribution in [0.25, 0.3) is 0 Å². The minimum atomic E-state index is -0.834. The summed E-state index contributed by atoms with van der Waals surface area (Å²) in [7, 11) is 1.65. The van der Waals surface area contributed by atoms with Gasteiger partial charge in [-0.05, 0) is 12.3 Å². The van der Waals surface area contributed by atoms with Crippen molar-refractivity contribution in [3.63, 3.8) is 0 Å². The van der Waals surface area contributed by atoms with Crippen LogP contribution in [0.5, 0.6) is 11.6 Å². The number of thioether (sulfide) groups is 1. The quantitative estimate of drug-likeness (QED) is 0.393. The van der Waals surface area contributed by atoms with Crippen molar-refractivity contribution in [1.29, 1.82) is 0 Å². The summed E-state index contributed by atoms with van der Waals surface area (Å²) in [6.07, 6.45) is 1.77. The molecule has 110 valence electrons. The fourth-order valence-electron chi connectivity index (χ4n) is 1.52. The Balaban J connectivity index is 2.45. The molecule has 2 rings (SSSR count). The molecule has 0 aliphatic rings. The number of para-hydroxylation sites is 1. The van der Waals surface area contributed by atoms with Gasteiger partial charge in [0.05, 0.1) is 4.92 Å². The number of hydrogen-bond acceptors (Lipinski definition) is 7. The maximum absolute atomic E-state index is 13.8. The third kappa shape index (κ3) is 3.37. The minimum Gasteiger partial charge on any atom is -0.428 e. The van der Waals surface area contributed by atoms with Crippen LogP contribution in [0.3, 0.4) is 0 Å². The zero-order valence-corrected chi connectivity index (χ0v) is 12.0. The number of nitrogens with zero attached hydrogens (tertiary/aromatic N) is 3. The van der Waals surface area contributed by atoms with E-state index in [0.29, 0.717) is 11.0 Å². The molecule has 21 heavy (non-hydrogen) atoms. The molecule has 0 radical (unpaired) electrons. The van der Waals surface area contributed by atoms with Crippen molar-refractivity contribution in [2.45, 2.75) is 5.16 Å². The maximum Gasteiger partial charge on any atom is 0.314 e. The van der Waals surface area contributed by atoms with E-state index in [1.165, 1.54) is 23.9 Å². The van der Waals surface area contributed by atoms with Gasteiger partial charge in [0.15, 0.2) is 11.0 Å². The molecule has 1 N–H and O–H groups in total. The number of nitrogens with one attached hydrogen (secondary N) is 1. The summed E-state index contributed by atoms with van der Waals surface area (Å²) in [4.78, 5) is 18.4. The average molecular weight is 310 g/mol. The molecule has 9 heteroatoms. The fourth-order valence-corrected chi connectivity index (χ4v) is 1.89. The molecule has 1 aromatic heterocycles. The van der Waals surface area contributed by atoms with Crippen molar-refractivity contribution in [1.82, 2.24) is 9.97 Å². The van der Waals surface area contributed by atoms with Crippen molar-refractivity contribution in [3.8, 4) is 11.6 Å². The first-order chi connectivity index (χ1) is 10.0. The highest BCUT2D eigenvalue weighted by molar-refractivity contribution is 7.98. The van der Waals surface area contributed by atoms with Crippen LogP contribution < -0.4 is 10.1 Å². The van der Waals surface area contributed by atoms with E-state index in [2.05, 4.69) is 15.3 Å². The summed E-state index contributed by atoms with van der Waals surface area (Å²) < 4.78 is 19.0. The van der Waals surface area contributed by atoms with E-state index in [1.807, 2.05) is 0 Å². The first-order valence-electron chi connectivity index (χ1n) is 5.76. The highest BCUT2D eigenvalue weighted by Gasteiger charge is 2.21. The molecule has 2 aromatic rings. The lowest BCUT2D eigenvalue weighted by atomic mass is 10.3. The third-order valence-electron chi connectivity index (χ3n) is 2.47. The zero-order valence-electron chi connectivity index (χ0n) is 11.2. The molecule has 0 atom stereocenters. The molecule has 7 nitrogen and oxygen atoms in total. The number of hydrogen-bond donors (Lipinski definition) is 1. The van der Waals surface area contributed by atoms with E-state index in [9.17, 15) is 14.5 Å². The van der Waals surface area contributed by atoms with Gasteiger partial charge < -0.3 is 10.1 Å². The summed E-state index contributed by atoms with van der Waals surface area (Å²) >= 11 is 1.27. The van der Waals surface area contributed by atoms with Crippen molar-refractivity contribution in [3.05, 3.63) is 40.2 Å². The van der Waals surface area contributed by atoms with Crippen LogP contribution >= 0.6 is 11.8 Å². The highest BCUT2D eigenvalue weighted by Crippen LogP contribution is 2.34. The Hall–Kier alpha value is -2.42. The summed E-state index contributed by atoms with van der Waals surface area (Å²) in [5.74, 6) is -0.829. The third-order valence-corrected chi connectivity index (χ3v) is 3.02. The standard InChI is InChI=1S/C12H11FN4O3S/c1-14-9-6-10(16-12(15-9)21-2)20-11-7(13)4-3-5-8(11)17(18)19/h3-6H,1-2H3,(H,14,15,16). The number of benzene rings is 1. The van der Waals surface area contributed by atoms with Crippen LogP contribution in [0.15, 0.2) is 29.4 Å². The number of aromatic nitrogens is 2. The molecule has 0 aliphatic carbocycles. The van der Waals surface area contributed by atoms with E-state index in [4.69, 9.17) is 4.74 Å². The van der Waals surface area contributed by atoms with Crippen molar-refractivity contribution in [2.24, 2.45) is 0 Å². The Kier molecular flexibility index (Phi) is 4.53. The Morgan fingerprint density at radius 3 is 2.81 bits per heavy atom. The number of ether oxygens (including phenoxy) is 1. The number of anilines is 1. The summed E-state index contributed by atoms with van der Waals surface area (Å²) in [5.41, 5.74) is -0.467. The predicted octanol–water partition coefficient (Wildman–Crippen LogP) is 3.08. The van der Waals surface area contributed by atoms with Gasteiger partial charge in [-0.15, -0.1) is 0 Å². The molecule has 0 aliphatic heterocycles. The van der Waals surface area contributed by atoms with E-state index in [-0.39, 0.29) is 5.88 Å². The first-order valence-corrected chi connectivity index (χ1v) is 6.99. The molecule has 1 aromatic carbocycles. The summed E-state index contributed by atoms with van der Waals surface area (Å²) in [5, 5.41) is 14.1. The monoisotopic (exact) mass is 310 g/mol. The van der Waals surface area contributed by atoms with Gasteiger partial charge in [-0.1, -0.05) is 17.8 Å². The van der Waals surface area contributed by atoms with E-state index >= 15 is 0 Å². The molecule has 0 saturated carbocycles. The van der Waals surface area contributed by atoms with E-state index in [1.54, 1.807) is 13.3 Å². The Morgan fingerprint density at radius 1 is 1.43 bits per heavy atom. The zero-order chi connectivity index (χ0) is 15.4. The second-order valence-corrected chi connectivity index (χ2v) is 4.55. The van der Waals surface area contributed by atoms with Gasteiger partial charge >= 0.3 is 5.69 Å². The Morgan fingerprint density at radius 2 is 2.19 bits per heavy atom. The topological polar surface area (TPSA) is 90.2 Å². The molecule has 0 bridgehead atoms. The second kappa shape index (κ2) is 6.35. The van der Waals surface area contributed by atoms with Gasteiger partial charge in [0, 0.05) is 19.2 Å². The molecule has 0 amide bonds. The van der Waals surface area contributed by atoms with Crippen LogP contribution in [-0.4, -0.2) is 28.2 Å².